The lowest BCUT2D eigenvalue weighted by Gasteiger charge is -2.21. The first-order valence-electron chi connectivity index (χ1n) is 7.21. The fourth-order valence-electron chi connectivity index (χ4n) is 2.95. The summed E-state index contributed by atoms with van der Waals surface area (Å²) >= 11 is 0. The lowest BCUT2D eigenvalue weighted by Crippen LogP contribution is -2.30. The van der Waals surface area contributed by atoms with Crippen molar-refractivity contribution in [1.82, 2.24) is 14.9 Å². The average molecular weight is 258 g/mol. The molecule has 0 saturated carbocycles. The van der Waals surface area contributed by atoms with Gasteiger partial charge in [0.1, 0.15) is 0 Å². The third-order valence-electron chi connectivity index (χ3n) is 3.96. The average Bonchev–Trinajstić information content (AvgIpc) is 2.65. The van der Waals surface area contributed by atoms with Gasteiger partial charge in [0.15, 0.2) is 0 Å². The van der Waals surface area contributed by atoms with Crippen molar-refractivity contribution in [3.63, 3.8) is 0 Å². The number of aromatic nitrogens is 2. The van der Waals surface area contributed by atoms with Gasteiger partial charge in [-0.2, -0.15) is 0 Å². The Balaban J connectivity index is 2.06. The molecule has 102 valence electrons. The van der Waals surface area contributed by atoms with Crippen LogP contribution in [0.15, 0.2) is 18.2 Å². The predicted molar refractivity (Wildman–Crippen MR) is 79.8 cm³/mol. The number of hydrogen-bond donors (Lipinski definition) is 1. The maximum atomic E-state index is 4.85. The highest BCUT2D eigenvalue weighted by atomic mass is 15.3. The summed E-state index contributed by atoms with van der Waals surface area (Å²) in [5.41, 5.74) is 3.79. The number of aryl methyl sites for hydroxylation is 2. The third kappa shape index (κ3) is 2.21. The second-order valence-corrected chi connectivity index (χ2v) is 5.20. The summed E-state index contributed by atoms with van der Waals surface area (Å²) in [6.07, 6.45) is 2.24. The molecule has 1 aromatic carbocycles. The molecular weight excluding hydrogens is 236 g/mol. The second kappa shape index (κ2) is 5.21. The van der Waals surface area contributed by atoms with Gasteiger partial charge in [0.2, 0.25) is 5.95 Å². The lowest BCUT2D eigenvalue weighted by molar-refractivity contribution is 0.724. The molecule has 0 aliphatic carbocycles. The minimum absolute atomic E-state index is 1.04. The van der Waals surface area contributed by atoms with Crippen molar-refractivity contribution in [2.75, 3.05) is 31.1 Å². The molecule has 1 N–H and O–H groups in total. The Hall–Kier alpha value is -1.55. The van der Waals surface area contributed by atoms with Crippen LogP contribution in [0, 0.1) is 0 Å². The van der Waals surface area contributed by atoms with Crippen molar-refractivity contribution in [2.24, 2.45) is 7.05 Å². The smallest absolute Gasteiger partial charge is 0.206 e. The molecule has 0 atom stereocenters. The molecule has 0 amide bonds. The Morgan fingerprint density at radius 1 is 1.26 bits per heavy atom. The van der Waals surface area contributed by atoms with Crippen molar-refractivity contribution < 1.29 is 0 Å². The number of nitrogens with zero attached hydrogens (tertiary/aromatic N) is 3. The van der Waals surface area contributed by atoms with Crippen molar-refractivity contribution in [1.29, 1.82) is 0 Å². The van der Waals surface area contributed by atoms with Crippen LogP contribution in [0.25, 0.3) is 11.0 Å². The fraction of sp³-hybridized carbons (Fsp3) is 0.533. The van der Waals surface area contributed by atoms with Gasteiger partial charge < -0.3 is 14.8 Å². The van der Waals surface area contributed by atoms with Gasteiger partial charge in [-0.15, -0.1) is 0 Å². The minimum Gasteiger partial charge on any atom is -0.341 e. The summed E-state index contributed by atoms with van der Waals surface area (Å²) in [7, 11) is 2.14. The van der Waals surface area contributed by atoms with Crippen LogP contribution in [0.1, 0.15) is 18.9 Å². The Bertz CT molecular complexity index is 565. The molecule has 2 heterocycles. The summed E-state index contributed by atoms with van der Waals surface area (Å²) in [6.45, 7) is 6.49. The zero-order valence-electron chi connectivity index (χ0n) is 11.8. The molecule has 2 aromatic rings. The molecule has 1 aromatic heterocycles. The molecular formula is C15H22N4. The highest BCUT2D eigenvalue weighted by Gasteiger charge is 2.17. The fourth-order valence-corrected chi connectivity index (χ4v) is 2.95. The highest BCUT2D eigenvalue weighted by Crippen LogP contribution is 2.25. The quantitative estimate of drug-likeness (QED) is 0.893. The third-order valence-corrected chi connectivity index (χ3v) is 3.96. The molecule has 1 aliphatic heterocycles. The Kier molecular flexibility index (Phi) is 3.42. The molecule has 4 nitrogen and oxygen atoms in total. The van der Waals surface area contributed by atoms with E-state index in [1.165, 1.54) is 17.5 Å². The molecule has 4 heteroatoms. The van der Waals surface area contributed by atoms with Crippen LogP contribution >= 0.6 is 0 Å². The van der Waals surface area contributed by atoms with E-state index in [2.05, 4.69) is 47.0 Å². The monoisotopic (exact) mass is 258 g/mol. The molecule has 0 unspecified atom stereocenters. The van der Waals surface area contributed by atoms with E-state index in [4.69, 9.17) is 4.98 Å². The van der Waals surface area contributed by atoms with Gasteiger partial charge in [-0.1, -0.05) is 19.1 Å². The number of imidazole rings is 1. The molecule has 0 bridgehead atoms. The van der Waals surface area contributed by atoms with Crippen LogP contribution in [-0.4, -0.2) is 35.7 Å². The predicted octanol–water partition coefficient (Wildman–Crippen LogP) is 1.94. The SMILES string of the molecule is CCc1cccc2nc(N3CCCNCC3)n(C)c12. The zero-order valence-corrected chi connectivity index (χ0v) is 11.8. The van der Waals surface area contributed by atoms with Gasteiger partial charge in [0.05, 0.1) is 11.0 Å². The number of para-hydroxylation sites is 1. The van der Waals surface area contributed by atoms with Gasteiger partial charge in [-0.25, -0.2) is 4.98 Å². The van der Waals surface area contributed by atoms with E-state index in [1.807, 2.05) is 0 Å². The van der Waals surface area contributed by atoms with Crippen LogP contribution in [0.3, 0.4) is 0 Å². The molecule has 0 spiro atoms. The van der Waals surface area contributed by atoms with E-state index < -0.39 is 0 Å². The van der Waals surface area contributed by atoms with E-state index in [9.17, 15) is 0 Å². The Morgan fingerprint density at radius 3 is 3.00 bits per heavy atom. The van der Waals surface area contributed by atoms with Gasteiger partial charge >= 0.3 is 0 Å². The van der Waals surface area contributed by atoms with Crippen LogP contribution in [0.5, 0.6) is 0 Å². The topological polar surface area (TPSA) is 33.1 Å². The summed E-state index contributed by atoms with van der Waals surface area (Å²) < 4.78 is 2.26. The van der Waals surface area contributed by atoms with Gasteiger partial charge in [-0.3, -0.25) is 0 Å². The minimum atomic E-state index is 1.04. The molecule has 1 fully saturated rings. The second-order valence-electron chi connectivity index (χ2n) is 5.20. The standard InChI is InChI=1S/C15H22N4/c1-3-12-6-4-7-13-14(12)18(2)15(17-13)19-10-5-8-16-9-11-19/h4,6-7,16H,3,5,8-11H2,1-2H3. The molecule has 0 radical (unpaired) electrons. The molecule has 3 rings (SSSR count). The first-order valence-corrected chi connectivity index (χ1v) is 7.21. The van der Waals surface area contributed by atoms with Crippen LogP contribution < -0.4 is 10.2 Å². The van der Waals surface area contributed by atoms with E-state index >= 15 is 0 Å². The van der Waals surface area contributed by atoms with Gasteiger partial charge in [-0.05, 0) is 31.0 Å². The molecule has 1 saturated heterocycles. The summed E-state index contributed by atoms with van der Waals surface area (Å²) in [6, 6.07) is 6.44. The zero-order chi connectivity index (χ0) is 13.2. The maximum absolute atomic E-state index is 4.85. The number of anilines is 1. The van der Waals surface area contributed by atoms with E-state index in [0.717, 1.165) is 44.1 Å². The first-order chi connectivity index (χ1) is 9.31. The van der Waals surface area contributed by atoms with Gasteiger partial charge in [0.25, 0.3) is 0 Å². The van der Waals surface area contributed by atoms with Crippen molar-refractivity contribution in [3.05, 3.63) is 23.8 Å². The van der Waals surface area contributed by atoms with Crippen LogP contribution in [0.4, 0.5) is 5.95 Å². The van der Waals surface area contributed by atoms with Crippen LogP contribution in [-0.2, 0) is 13.5 Å². The van der Waals surface area contributed by atoms with Crippen molar-refractivity contribution in [2.45, 2.75) is 19.8 Å². The Labute approximate surface area is 114 Å². The number of fused-ring (bicyclic) bond motifs is 1. The highest BCUT2D eigenvalue weighted by molar-refractivity contribution is 5.82. The number of nitrogens with one attached hydrogen (secondary N) is 1. The van der Waals surface area contributed by atoms with Crippen molar-refractivity contribution in [3.8, 4) is 0 Å². The summed E-state index contributed by atoms with van der Waals surface area (Å²) in [5.74, 6) is 1.11. The first kappa shape index (κ1) is 12.5. The van der Waals surface area contributed by atoms with E-state index in [1.54, 1.807) is 0 Å². The lowest BCUT2D eigenvalue weighted by atomic mass is 10.1. The maximum Gasteiger partial charge on any atom is 0.206 e. The number of benzene rings is 1. The molecule has 1 aliphatic rings. The van der Waals surface area contributed by atoms with E-state index in [-0.39, 0.29) is 0 Å². The number of hydrogen-bond acceptors (Lipinski definition) is 3. The summed E-state index contributed by atoms with van der Waals surface area (Å²) in [4.78, 5) is 7.25. The van der Waals surface area contributed by atoms with Crippen molar-refractivity contribution >= 4 is 17.0 Å². The van der Waals surface area contributed by atoms with Gasteiger partial charge in [0, 0.05) is 26.7 Å². The Morgan fingerprint density at radius 2 is 2.16 bits per heavy atom. The normalized spacial score (nSPS) is 16.8. The van der Waals surface area contributed by atoms with E-state index in [0.29, 0.717) is 0 Å². The van der Waals surface area contributed by atoms with Crippen LogP contribution in [0.2, 0.25) is 0 Å². The number of rotatable bonds is 2. The largest absolute Gasteiger partial charge is 0.341 e. The molecule has 19 heavy (non-hydrogen) atoms. The summed E-state index contributed by atoms with van der Waals surface area (Å²) in [5, 5.41) is 3.44.